The Labute approximate surface area is 115 Å². The number of aromatic amines is 1. The lowest BCUT2D eigenvalue weighted by atomic mass is 10.0. The number of rotatable bonds is 3. The maximum Gasteiger partial charge on any atom is 0.330 e. The minimum absolute atomic E-state index is 0.0976. The van der Waals surface area contributed by atoms with Gasteiger partial charge in [0.2, 0.25) is 0 Å². The Balaban J connectivity index is 2.38. The second-order valence-corrected chi connectivity index (χ2v) is 4.78. The summed E-state index contributed by atoms with van der Waals surface area (Å²) < 4.78 is 6.94. The van der Waals surface area contributed by atoms with E-state index >= 15 is 0 Å². The predicted molar refractivity (Wildman–Crippen MR) is 74.0 cm³/mol. The molecule has 2 heterocycles. The lowest BCUT2D eigenvalue weighted by Crippen LogP contribution is -2.33. The molecule has 0 aliphatic carbocycles. The van der Waals surface area contributed by atoms with Crippen LogP contribution < -0.4 is 11.2 Å². The van der Waals surface area contributed by atoms with Crippen molar-refractivity contribution in [1.29, 1.82) is 0 Å². The fraction of sp³-hybridized carbons (Fsp3) is 0.429. The summed E-state index contributed by atoms with van der Waals surface area (Å²) in [4.78, 5) is 25.7. The molecule has 6 nitrogen and oxygen atoms in total. The van der Waals surface area contributed by atoms with Crippen LogP contribution in [0.4, 0.5) is 0 Å². The first-order chi connectivity index (χ1) is 9.56. The van der Waals surface area contributed by atoms with E-state index in [0.29, 0.717) is 6.42 Å². The van der Waals surface area contributed by atoms with Crippen LogP contribution in [0.15, 0.2) is 21.9 Å². The molecule has 0 unspecified atom stereocenters. The van der Waals surface area contributed by atoms with Gasteiger partial charge < -0.3 is 9.84 Å². The molecule has 2 N–H and O–H groups in total. The molecule has 6 heteroatoms. The van der Waals surface area contributed by atoms with E-state index in [2.05, 4.69) is 10.9 Å². The van der Waals surface area contributed by atoms with Gasteiger partial charge in [-0.3, -0.25) is 14.3 Å². The van der Waals surface area contributed by atoms with Crippen LogP contribution in [0, 0.1) is 18.3 Å². The molecule has 1 aliphatic rings. The maximum atomic E-state index is 11.9. The Morgan fingerprint density at radius 3 is 3.00 bits per heavy atom. The molecule has 0 spiro atoms. The maximum absolute atomic E-state index is 11.9. The van der Waals surface area contributed by atoms with E-state index in [0.717, 1.165) is 0 Å². The number of aromatic nitrogens is 2. The standard InChI is InChI=1S/C14H16N2O4/c1-3-4-5-10-7-16(14(19)15-13(10)18)12-6-9(2)11(8-17)20-12/h1,4-5,7,9,11-12,17H,6,8H2,2H3,(H,15,18,19)/b5-4+/t9-,11-,12-/m1/s1. The smallest absolute Gasteiger partial charge is 0.330 e. The van der Waals surface area contributed by atoms with Gasteiger partial charge in [-0.25, -0.2) is 4.79 Å². The van der Waals surface area contributed by atoms with Crippen molar-refractivity contribution in [1.82, 2.24) is 9.55 Å². The van der Waals surface area contributed by atoms with E-state index in [1.54, 1.807) is 0 Å². The highest BCUT2D eigenvalue weighted by Gasteiger charge is 2.33. The van der Waals surface area contributed by atoms with Gasteiger partial charge in [-0.15, -0.1) is 6.42 Å². The van der Waals surface area contributed by atoms with E-state index in [1.807, 2.05) is 6.92 Å². The topological polar surface area (TPSA) is 84.3 Å². The fourth-order valence-corrected chi connectivity index (χ4v) is 2.23. The van der Waals surface area contributed by atoms with E-state index < -0.39 is 17.5 Å². The normalized spacial score (nSPS) is 25.9. The van der Waals surface area contributed by atoms with Crippen LogP contribution in [-0.2, 0) is 4.74 Å². The van der Waals surface area contributed by atoms with Crippen LogP contribution in [0.3, 0.4) is 0 Å². The van der Waals surface area contributed by atoms with Crippen molar-refractivity contribution in [2.75, 3.05) is 6.61 Å². The Morgan fingerprint density at radius 1 is 1.65 bits per heavy atom. The Bertz CT molecular complexity index is 665. The predicted octanol–water partition coefficient (Wildman–Crippen LogP) is 0.0989. The number of hydrogen-bond acceptors (Lipinski definition) is 4. The number of nitrogens with one attached hydrogen (secondary N) is 1. The van der Waals surface area contributed by atoms with Gasteiger partial charge in [0.1, 0.15) is 6.23 Å². The average molecular weight is 276 g/mol. The molecule has 0 aromatic carbocycles. The summed E-state index contributed by atoms with van der Waals surface area (Å²) >= 11 is 0. The zero-order valence-corrected chi connectivity index (χ0v) is 11.1. The third-order valence-electron chi connectivity index (χ3n) is 3.38. The molecular weight excluding hydrogens is 260 g/mol. The van der Waals surface area contributed by atoms with Crippen molar-refractivity contribution >= 4 is 6.08 Å². The monoisotopic (exact) mass is 276 g/mol. The highest BCUT2D eigenvalue weighted by atomic mass is 16.5. The molecule has 1 aliphatic heterocycles. The summed E-state index contributed by atoms with van der Waals surface area (Å²) in [5, 5.41) is 9.18. The van der Waals surface area contributed by atoms with Crippen LogP contribution in [0.1, 0.15) is 25.1 Å². The fourth-order valence-electron chi connectivity index (χ4n) is 2.23. The van der Waals surface area contributed by atoms with Gasteiger partial charge >= 0.3 is 5.69 Å². The van der Waals surface area contributed by atoms with Gasteiger partial charge in [-0.1, -0.05) is 12.8 Å². The number of terminal acetylenes is 1. The molecule has 106 valence electrons. The minimum Gasteiger partial charge on any atom is -0.394 e. The first-order valence-corrected chi connectivity index (χ1v) is 6.31. The Kier molecular flexibility index (Phi) is 4.23. The van der Waals surface area contributed by atoms with Gasteiger partial charge in [0.05, 0.1) is 18.3 Å². The van der Waals surface area contributed by atoms with Crippen LogP contribution in [0.2, 0.25) is 0 Å². The SMILES string of the molecule is C#C/C=C/c1cn([C@H]2C[C@@H](C)[C@@H](CO)O2)c(=O)[nH]c1=O. The van der Waals surface area contributed by atoms with Crippen molar-refractivity contribution in [3.63, 3.8) is 0 Å². The lowest BCUT2D eigenvalue weighted by molar-refractivity contribution is -0.0313. The van der Waals surface area contributed by atoms with Crippen molar-refractivity contribution in [2.45, 2.75) is 25.7 Å². The third kappa shape index (κ3) is 2.74. The number of ether oxygens (including phenoxy) is 1. The number of hydrogen-bond donors (Lipinski definition) is 2. The van der Waals surface area contributed by atoms with Crippen LogP contribution >= 0.6 is 0 Å². The van der Waals surface area contributed by atoms with Gasteiger partial charge in [0.15, 0.2) is 0 Å². The van der Waals surface area contributed by atoms with E-state index in [1.165, 1.54) is 22.9 Å². The summed E-state index contributed by atoms with van der Waals surface area (Å²) in [6, 6.07) is 0. The molecule has 0 amide bonds. The highest BCUT2D eigenvalue weighted by molar-refractivity contribution is 5.50. The van der Waals surface area contributed by atoms with E-state index in [-0.39, 0.29) is 24.2 Å². The summed E-state index contributed by atoms with van der Waals surface area (Å²) in [7, 11) is 0. The van der Waals surface area contributed by atoms with Crippen molar-refractivity contribution in [3.05, 3.63) is 38.7 Å². The van der Waals surface area contributed by atoms with Crippen molar-refractivity contribution in [2.24, 2.45) is 5.92 Å². The second-order valence-electron chi connectivity index (χ2n) is 4.78. The second kappa shape index (κ2) is 5.90. The molecule has 2 rings (SSSR count). The average Bonchev–Trinajstić information content (AvgIpc) is 2.79. The molecule has 1 aromatic heterocycles. The molecule has 0 saturated carbocycles. The molecule has 1 aromatic rings. The van der Waals surface area contributed by atoms with Crippen molar-refractivity contribution < 1.29 is 9.84 Å². The summed E-state index contributed by atoms with van der Waals surface area (Å²) in [6.07, 6.45) is 9.16. The quantitative estimate of drug-likeness (QED) is 0.767. The van der Waals surface area contributed by atoms with Crippen LogP contribution in [-0.4, -0.2) is 27.4 Å². The van der Waals surface area contributed by atoms with E-state index in [9.17, 15) is 14.7 Å². The van der Waals surface area contributed by atoms with E-state index in [4.69, 9.17) is 11.2 Å². The number of H-pyrrole nitrogens is 1. The number of aliphatic hydroxyl groups is 1. The minimum atomic E-state index is -0.538. The van der Waals surface area contributed by atoms with Gasteiger partial charge in [-0.2, -0.15) is 0 Å². The molecule has 1 fully saturated rings. The molecule has 3 atom stereocenters. The van der Waals surface area contributed by atoms with Gasteiger partial charge in [0.25, 0.3) is 5.56 Å². The molecule has 1 saturated heterocycles. The first-order valence-electron chi connectivity index (χ1n) is 6.31. The first kappa shape index (κ1) is 14.3. The third-order valence-corrected chi connectivity index (χ3v) is 3.38. The number of nitrogens with zero attached hydrogens (tertiary/aromatic N) is 1. The Morgan fingerprint density at radius 2 is 2.40 bits per heavy atom. The molecule has 20 heavy (non-hydrogen) atoms. The van der Waals surface area contributed by atoms with Gasteiger partial charge in [-0.05, 0) is 24.5 Å². The summed E-state index contributed by atoms with van der Waals surface area (Å²) in [5.74, 6) is 2.42. The zero-order valence-electron chi connectivity index (χ0n) is 11.1. The largest absolute Gasteiger partial charge is 0.394 e. The molecule has 0 bridgehead atoms. The summed E-state index contributed by atoms with van der Waals surface area (Å²) in [5.41, 5.74) is -0.752. The van der Waals surface area contributed by atoms with Crippen LogP contribution in [0.5, 0.6) is 0 Å². The van der Waals surface area contributed by atoms with Crippen molar-refractivity contribution in [3.8, 4) is 12.3 Å². The Hall–Kier alpha value is -2.10. The molecular formula is C14H16N2O4. The lowest BCUT2D eigenvalue weighted by Gasteiger charge is -2.15. The van der Waals surface area contributed by atoms with Crippen LogP contribution in [0.25, 0.3) is 6.08 Å². The zero-order chi connectivity index (χ0) is 14.7. The van der Waals surface area contributed by atoms with Gasteiger partial charge in [0, 0.05) is 6.20 Å². The molecule has 0 radical (unpaired) electrons. The summed E-state index contributed by atoms with van der Waals surface area (Å²) in [6.45, 7) is 1.84. The number of allylic oxidation sites excluding steroid dienone is 1. The number of aliphatic hydroxyl groups excluding tert-OH is 1. The highest BCUT2D eigenvalue weighted by Crippen LogP contribution is 2.31.